The predicted octanol–water partition coefficient (Wildman–Crippen LogP) is 9.01. The second kappa shape index (κ2) is 11.7. The summed E-state index contributed by atoms with van der Waals surface area (Å²) in [7, 11) is 0. The Kier molecular flexibility index (Phi) is 8.46. The second-order valence-corrected chi connectivity index (χ2v) is 9.41. The van der Waals surface area contributed by atoms with Crippen LogP contribution in [-0.4, -0.2) is 12.7 Å². The van der Waals surface area contributed by atoms with E-state index in [2.05, 4.69) is 13.5 Å². The van der Waals surface area contributed by atoms with Crippen molar-refractivity contribution in [2.75, 3.05) is 6.61 Å². The second-order valence-electron chi connectivity index (χ2n) is 9.41. The first kappa shape index (κ1) is 25.2. The maximum Gasteiger partial charge on any atom is 0.166 e. The number of benzene rings is 3. The van der Waals surface area contributed by atoms with Gasteiger partial charge in [0.2, 0.25) is 0 Å². The lowest BCUT2D eigenvalue weighted by atomic mass is 9.89. The summed E-state index contributed by atoms with van der Waals surface area (Å²) in [5, 5.41) is 0. The third kappa shape index (κ3) is 5.87. The fraction of sp³-hybridized carbons (Fsp3) is 0.355. The summed E-state index contributed by atoms with van der Waals surface area (Å²) in [6.07, 6.45) is 8.10. The topological polar surface area (TPSA) is 9.23 Å². The summed E-state index contributed by atoms with van der Waals surface area (Å²) < 4.78 is 50.3. The third-order valence-corrected chi connectivity index (χ3v) is 6.97. The van der Waals surface area contributed by atoms with Crippen LogP contribution in [0.5, 0.6) is 0 Å². The quantitative estimate of drug-likeness (QED) is 0.220. The number of halogens is 3. The smallest absolute Gasteiger partial charge is 0.166 e. The van der Waals surface area contributed by atoms with E-state index in [1.165, 1.54) is 0 Å². The normalized spacial score (nSPS) is 17.9. The van der Waals surface area contributed by atoms with Gasteiger partial charge in [0.05, 0.1) is 12.7 Å². The molecule has 0 N–H and O–H groups in total. The number of unbranched alkanes of at least 4 members (excludes halogenated alkanes) is 1. The predicted molar refractivity (Wildman–Crippen MR) is 137 cm³/mol. The Morgan fingerprint density at radius 2 is 1.66 bits per heavy atom. The van der Waals surface area contributed by atoms with Crippen molar-refractivity contribution in [3.63, 3.8) is 0 Å². The van der Waals surface area contributed by atoms with Gasteiger partial charge in [-0.1, -0.05) is 68.0 Å². The van der Waals surface area contributed by atoms with Gasteiger partial charge in [-0.05, 0) is 72.4 Å². The SMILES string of the molecule is C=CCCCc1ccc(-c2ccc(-c3ccc(C4CCC(CCC)OC4)c(F)c3)cc2)c(F)c1F. The minimum Gasteiger partial charge on any atom is -0.378 e. The van der Waals surface area contributed by atoms with Gasteiger partial charge in [0.15, 0.2) is 11.6 Å². The number of hydrogen-bond donors (Lipinski definition) is 0. The van der Waals surface area contributed by atoms with Gasteiger partial charge in [-0.3, -0.25) is 0 Å². The molecule has 0 radical (unpaired) electrons. The van der Waals surface area contributed by atoms with Crippen molar-refractivity contribution in [1.82, 2.24) is 0 Å². The third-order valence-electron chi connectivity index (χ3n) is 6.97. The number of allylic oxidation sites excluding steroid dienone is 1. The van der Waals surface area contributed by atoms with E-state index < -0.39 is 11.6 Å². The summed E-state index contributed by atoms with van der Waals surface area (Å²) in [4.78, 5) is 0. The highest BCUT2D eigenvalue weighted by Crippen LogP contribution is 2.34. The van der Waals surface area contributed by atoms with Crippen LogP contribution in [0, 0.1) is 17.5 Å². The van der Waals surface area contributed by atoms with E-state index in [1.54, 1.807) is 36.4 Å². The number of hydrogen-bond acceptors (Lipinski definition) is 1. The Morgan fingerprint density at radius 3 is 2.31 bits per heavy atom. The van der Waals surface area contributed by atoms with E-state index in [0.29, 0.717) is 35.8 Å². The molecule has 1 aliphatic rings. The number of aryl methyl sites for hydroxylation is 1. The molecular formula is C31H33F3O. The molecule has 184 valence electrons. The molecule has 2 unspecified atom stereocenters. The molecule has 1 nitrogen and oxygen atoms in total. The largest absolute Gasteiger partial charge is 0.378 e. The van der Waals surface area contributed by atoms with Crippen LogP contribution < -0.4 is 0 Å². The molecule has 4 heteroatoms. The van der Waals surface area contributed by atoms with Crippen molar-refractivity contribution < 1.29 is 17.9 Å². The molecule has 3 aromatic carbocycles. The fourth-order valence-electron chi connectivity index (χ4n) is 4.92. The minimum absolute atomic E-state index is 0.0807. The molecule has 0 saturated carbocycles. The van der Waals surface area contributed by atoms with E-state index in [-0.39, 0.29) is 17.3 Å². The molecule has 2 atom stereocenters. The van der Waals surface area contributed by atoms with Crippen LogP contribution in [0.2, 0.25) is 0 Å². The highest BCUT2D eigenvalue weighted by Gasteiger charge is 2.24. The van der Waals surface area contributed by atoms with E-state index in [9.17, 15) is 8.78 Å². The van der Waals surface area contributed by atoms with Crippen molar-refractivity contribution in [2.45, 2.75) is 63.9 Å². The Balaban J connectivity index is 1.48. The first-order valence-corrected chi connectivity index (χ1v) is 12.6. The monoisotopic (exact) mass is 478 g/mol. The first-order chi connectivity index (χ1) is 17.0. The molecule has 0 amide bonds. The maximum atomic E-state index is 15.0. The van der Waals surface area contributed by atoms with Crippen molar-refractivity contribution in [1.29, 1.82) is 0 Å². The highest BCUT2D eigenvalue weighted by atomic mass is 19.2. The van der Waals surface area contributed by atoms with E-state index in [1.807, 2.05) is 24.3 Å². The van der Waals surface area contributed by atoms with Crippen molar-refractivity contribution in [3.05, 3.63) is 95.8 Å². The Hall–Kier alpha value is -2.85. The van der Waals surface area contributed by atoms with Crippen molar-refractivity contribution in [2.24, 2.45) is 0 Å². The fourth-order valence-corrected chi connectivity index (χ4v) is 4.92. The molecule has 0 aliphatic carbocycles. The zero-order chi connectivity index (χ0) is 24.8. The van der Waals surface area contributed by atoms with Crippen molar-refractivity contribution >= 4 is 0 Å². The first-order valence-electron chi connectivity index (χ1n) is 12.6. The van der Waals surface area contributed by atoms with E-state index >= 15 is 4.39 Å². The van der Waals surface area contributed by atoms with Gasteiger partial charge in [-0.25, -0.2) is 13.2 Å². The average Bonchev–Trinajstić information content (AvgIpc) is 2.88. The number of ether oxygens (including phenoxy) is 1. The van der Waals surface area contributed by atoms with Gasteiger partial charge in [0.25, 0.3) is 0 Å². The van der Waals surface area contributed by atoms with Gasteiger partial charge in [0.1, 0.15) is 5.82 Å². The molecule has 4 rings (SSSR count). The van der Waals surface area contributed by atoms with E-state index in [4.69, 9.17) is 4.74 Å². The van der Waals surface area contributed by atoms with Crippen LogP contribution in [0.4, 0.5) is 13.2 Å². The number of rotatable bonds is 9. The minimum atomic E-state index is -0.833. The van der Waals surface area contributed by atoms with Gasteiger partial charge < -0.3 is 4.74 Å². The highest BCUT2D eigenvalue weighted by molar-refractivity contribution is 5.71. The summed E-state index contributed by atoms with van der Waals surface area (Å²) in [6.45, 7) is 6.37. The summed E-state index contributed by atoms with van der Waals surface area (Å²) in [5.41, 5.74) is 3.46. The lowest BCUT2D eigenvalue weighted by molar-refractivity contribution is -0.00172. The van der Waals surface area contributed by atoms with Gasteiger partial charge >= 0.3 is 0 Å². The molecule has 1 fully saturated rings. The molecule has 0 bridgehead atoms. The van der Waals surface area contributed by atoms with Crippen molar-refractivity contribution in [3.8, 4) is 22.3 Å². The molecule has 35 heavy (non-hydrogen) atoms. The summed E-state index contributed by atoms with van der Waals surface area (Å²) in [6, 6.07) is 15.7. The molecule has 1 heterocycles. The van der Waals surface area contributed by atoms with Crippen LogP contribution in [0.3, 0.4) is 0 Å². The maximum absolute atomic E-state index is 15.0. The van der Waals surface area contributed by atoms with Crippen LogP contribution in [-0.2, 0) is 11.2 Å². The zero-order valence-electron chi connectivity index (χ0n) is 20.3. The Morgan fingerprint density at radius 1 is 0.914 bits per heavy atom. The van der Waals surface area contributed by atoms with Gasteiger partial charge in [-0.15, -0.1) is 6.58 Å². The van der Waals surface area contributed by atoms with Gasteiger partial charge in [0, 0.05) is 11.5 Å². The van der Waals surface area contributed by atoms with E-state index in [0.717, 1.165) is 49.7 Å². The van der Waals surface area contributed by atoms with Crippen LogP contribution >= 0.6 is 0 Å². The molecule has 0 spiro atoms. The molecule has 0 aromatic heterocycles. The summed E-state index contributed by atoms with van der Waals surface area (Å²) >= 11 is 0. The van der Waals surface area contributed by atoms with Crippen LogP contribution in [0.15, 0.2) is 67.3 Å². The average molecular weight is 479 g/mol. The summed E-state index contributed by atoms with van der Waals surface area (Å²) in [5.74, 6) is -1.77. The van der Waals surface area contributed by atoms with Crippen LogP contribution in [0.1, 0.15) is 62.5 Å². The van der Waals surface area contributed by atoms with Crippen LogP contribution in [0.25, 0.3) is 22.3 Å². The zero-order valence-corrected chi connectivity index (χ0v) is 20.3. The standard InChI is InChI=1S/C31H33F3O/c1-3-5-6-8-23-14-18-28(31(34)30(23)33)22-11-9-21(10-12-22)24-15-17-27(29(32)19-24)25-13-16-26(7-4-2)35-20-25/h3,9-12,14-15,17-19,25-26H,1,4-8,13,16,20H2,2H3. The molecule has 3 aromatic rings. The molecule has 1 saturated heterocycles. The Labute approximate surface area is 206 Å². The molecule has 1 aliphatic heterocycles. The lowest BCUT2D eigenvalue weighted by Gasteiger charge is -2.29. The lowest BCUT2D eigenvalue weighted by Crippen LogP contribution is -2.25. The molecular weight excluding hydrogens is 445 g/mol. The van der Waals surface area contributed by atoms with Gasteiger partial charge in [-0.2, -0.15) is 0 Å². The Bertz CT molecular complexity index is 1140.